The lowest BCUT2D eigenvalue weighted by molar-refractivity contribution is 1.02. The highest BCUT2D eigenvalue weighted by atomic mass is 15.1. The van der Waals surface area contributed by atoms with E-state index >= 15 is 0 Å². The van der Waals surface area contributed by atoms with Crippen LogP contribution < -0.4 is 10.6 Å². The Bertz CT molecular complexity index is 552. The number of nitrogens with zero attached hydrogens (tertiary/aromatic N) is 2. The van der Waals surface area contributed by atoms with Crippen molar-refractivity contribution in [3.63, 3.8) is 0 Å². The van der Waals surface area contributed by atoms with Crippen molar-refractivity contribution in [1.29, 1.82) is 0 Å². The van der Waals surface area contributed by atoms with Crippen LogP contribution in [0.3, 0.4) is 0 Å². The van der Waals surface area contributed by atoms with Crippen LogP contribution in [0.4, 0.5) is 11.8 Å². The van der Waals surface area contributed by atoms with Crippen LogP contribution in [-0.2, 0) is 13.0 Å². The number of aromatic nitrogens is 2. The molecule has 0 spiro atoms. The summed E-state index contributed by atoms with van der Waals surface area (Å²) in [6, 6.07) is 8.48. The third kappa shape index (κ3) is 3.22. The number of hydrogen-bond acceptors (Lipinski definition) is 4. The molecule has 0 bridgehead atoms. The second-order valence-corrected chi connectivity index (χ2v) is 4.45. The summed E-state index contributed by atoms with van der Waals surface area (Å²) in [5, 5.41) is 6.34. The lowest BCUT2D eigenvalue weighted by Gasteiger charge is -2.12. The lowest BCUT2D eigenvalue weighted by atomic mass is 10.1. The first-order valence-electron chi connectivity index (χ1n) is 6.56. The van der Waals surface area contributed by atoms with Crippen LogP contribution in [0.15, 0.2) is 30.5 Å². The van der Waals surface area contributed by atoms with Crippen LogP contribution in [0, 0.1) is 6.92 Å². The van der Waals surface area contributed by atoms with Crippen molar-refractivity contribution >= 4 is 11.8 Å². The van der Waals surface area contributed by atoms with Crippen molar-refractivity contribution in [2.45, 2.75) is 26.8 Å². The summed E-state index contributed by atoms with van der Waals surface area (Å²) in [6.07, 6.45) is 2.87. The van der Waals surface area contributed by atoms with Gasteiger partial charge in [0.25, 0.3) is 0 Å². The fourth-order valence-corrected chi connectivity index (χ4v) is 2.00. The SMILES string of the molecule is CCc1ccccc1CNc1nc(NC)ncc1C. The molecular formula is C15H20N4. The molecule has 0 fully saturated rings. The van der Waals surface area contributed by atoms with Gasteiger partial charge in [0.15, 0.2) is 0 Å². The summed E-state index contributed by atoms with van der Waals surface area (Å²) >= 11 is 0. The molecule has 0 atom stereocenters. The van der Waals surface area contributed by atoms with Gasteiger partial charge in [-0.3, -0.25) is 0 Å². The predicted molar refractivity (Wildman–Crippen MR) is 79.5 cm³/mol. The maximum absolute atomic E-state index is 4.43. The van der Waals surface area contributed by atoms with Gasteiger partial charge >= 0.3 is 0 Å². The van der Waals surface area contributed by atoms with Gasteiger partial charge in [0.05, 0.1) is 0 Å². The maximum Gasteiger partial charge on any atom is 0.224 e. The quantitative estimate of drug-likeness (QED) is 0.863. The summed E-state index contributed by atoms with van der Waals surface area (Å²) < 4.78 is 0. The van der Waals surface area contributed by atoms with Gasteiger partial charge in [-0.1, -0.05) is 31.2 Å². The summed E-state index contributed by atoms with van der Waals surface area (Å²) in [6.45, 7) is 4.96. The molecule has 2 N–H and O–H groups in total. The van der Waals surface area contributed by atoms with E-state index in [1.807, 2.05) is 20.2 Å². The van der Waals surface area contributed by atoms with Crippen LogP contribution in [0.2, 0.25) is 0 Å². The van der Waals surface area contributed by atoms with Gasteiger partial charge in [-0.2, -0.15) is 4.98 Å². The van der Waals surface area contributed by atoms with Gasteiger partial charge < -0.3 is 10.6 Å². The highest BCUT2D eigenvalue weighted by Crippen LogP contribution is 2.15. The zero-order chi connectivity index (χ0) is 13.7. The fourth-order valence-electron chi connectivity index (χ4n) is 2.00. The standard InChI is InChI=1S/C15H20N4/c1-4-12-7-5-6-8-13(12)10-17-14-11(2)9-18-15(16-3)19-14/h5-9H,4,10H2,1-3H3,(H2,16,17,18,19). The summed E-state index contributed by atoms with van der Waals surface area (Å²) in [4.78, 5) is 8.61. The second-order valence-electron chi connectivity index (χ2n) is 4.45. The lowest BCUT2D eigenvalue weighted by Crippen LogP contribution is -2.07. The summed E-state index contributed by atoms with van der Waals surface area (Å²) in [5.41, 5.74) is 3.73. The second kappa shape index (κ2) is 6.18. The van der Waals surface area contributed by atoms with Crippen molar-refractivity contribution in [1.82, 2.24) is 9.97 Å². The molecule has 0 aliphatic rings. The molecule has 0 aliphatic heterocycles. The van der Waals surface area contributed by atoms with Crippen molar-refractivity contribution in [3.8, 4) is 0 Å². The molecule has 0 aliphatic carbocycles. The molecule has 19 heavy (non-hydrogen) atoms. The number of hydrogen-bond donors (Lipinski definition) is 2. The van der Waals surface area contributed by atoms with E-state index in [0.29, 0.717) is 5.95 Å². The number of benzene rings is 1. The first kappa shape index (κ1) is 13.3. The third-order valence-corrected chi connectivity index (χ3v) is 3.14. The molecule has 2 aromatic rings. The largest absolute Gasteiger partial charge is 0.366 e. The molecule has 2 rings (SSSR count). The van der Waals surface area contributed by atoms with E-state index < -0.39 is 0 Å². The molecule has 4 heteroatoms. The van der Waals surface area contributed by atoms with Crippen molar-refractivity contribution in [3.05, 3.63) is 47.2 Å². The minimum absolute atomic E-state index is 0.636. The van der Waals surface area contributed by atoms with Crippen LogP contribution >= 0.6 is 0 Å². The van der Waals surface area contributed by atoms with E-state index in [1.54, 1.807) is 0 Å². The van der Waals surface area contributed by atoms with Crippen molar-refractivity contribution in [2.75, 3.05) is 17.7 Å². The Kier molecular flexibility index (Phi) is 4.34. The van der Waals surface area contributed by atoms with E-state index in [-0.39, 0.29) is 0 Å². The van der Waals surface area contributed by atoms with Crippen LogP contribution in [-0.4, -0.2) is 17.0 Å². The van der Waals surface area contributed by atoms with Gasteiger partial charge in [-0.05, 0) is 24.5 Å². The number of nitrogens with one attached hydrogen (secondary N) is 2. The van der Waals surface area contributed by atoms with Crippen LogP contribution in [0.5, 0.6) is 0 Å². The molecule has 0 radical (unpaired) electrons. The zero-order valence-corrected chi connectivity index (χ0v) is 11.7. The molecule has 0 amide bonds. The molecule has 0 unspecified atom stereocenters. The van der Waals surface area contributed by atoms with Crippen LogP contribution in [0.25, 0.3) is 0 Å². The molecule has 1 aromatic heterocycles. The van der Waals surface area contributed by atoms with E-state index in [9.17, 15) is 0 Å². The molecule has 0 saturated heterocycles. The van der Waals surface area contributed by atoms with Gasteiger partial charge in [-0.15, -0.1) is 0 Å². The smallest absolute Gasteiger partial charge is 0.224 e. The van der Waals surface area contributed by atoms with Crippen molar-refractivity contribution in [2.24, 2.45) is 0 Å². The fraction of sp³-hybridized carbons (Fsp3) is 0.333. The van der Waals surface area contributed by atoms with E-state index in [1.165, 1.54) is 11.1 Å². The molecule has 1 heterocycles. The number of anilines is 2. The van der Waals surface area contributed by atoms with Gasteiger partial charge in [-0.25, -0.2) is 4.98 Å². The molecule has 100 valence electrons. The van der Waals surface area contributed by atoms with E-state index in [0.717, 1.165) is 24.3 Å². The average molecular weight is 256 g/mol. The molecule has 1 aromatic carbocycles. The maximum atomic E-state index is 4.43. The van der Waals surface area contributed by atoms with Gasteiger partial charge in [0, 0.05) is 25.4 Å². The average Bonchev–Trinajstić information content (AvgIpc) is 2.46. The number of rotatable bonds is 5. The van der Waals surface area contributed by atoms with Gasteiger partial charge in [0.1, 0.15) is 5.82 Å². The van der Waals surface area contributed by atoms with Crippen molar-refractivity contribution < 1.29 is 0 Å². The van der Waals surface area contributed by atoms with E-state index in [2.05, 4.69) is 51.8 Å². The van der Waals surface area contributed by atoms with E-state index in [4.69, 9.17) is 0 Å². The normalized spacial score (nSPS) is 10.3. The van der Waals surface area contributed by atoms with Gasteiger partial charge in [0.2, 0.25) is 5.95 Å². The minimum Gasteiger partial charge on any atom is -0.366 e. The minimum atomic E-state index is 0.636. The molecule has 0 saturated carbocycles. The highest BCUT2D eigenvalue weighted by Gasteiger charge is 2.04. The Balaban J connectivity index is 2.14. The number of aryl methyl sites for hydroxylation is 2. The Morgan fingerprint density at radius 1 is 1.16 bits per heavy atom. The van der Waals surface area contributed by atoms with Crippen LogP contribution in [0.1, 0.15) is 23.6 Å². The topological polar surface area (TPSA) is 49.8 Å². The zero-order valence-electron chi connectivity index (χ0n) is 11.7. The Hall–Kier alpha value is -2.10. The monoisotopic (exact) mass is 256 g/mol. The Labute approximate surface area is 114 Å². The summed E-state index contributed by atoms with van der Waals surface area (Å²) in [7, 11) is 1.82. The predicted octanol–water partition coefficient (Wildman–Crippen LogP) is 3.00. The first-order valence-corrected chi connectivity index (χ1v) is 6.56. The summed E-state index contributed by atoms with van der Waals surface area (Å²) in [5.74, 6) is 1.52. The molecular weight excluding hydrogens is 236 g/mol. The highest BCUT2D eigenvalue weighted by molar-refractivity contribution is 5.47. The molecule has 4 nitrogen and oxygen atoms in total. The third-order valence-electron chi connectivity index (χ3n) is 3.14. The Morgan fingerprint density at radius 3 is 2.58 bits per heavy atom. The Morgan fingerprint density at radius 2 is 1.89 bits per heavy atom. The first-order chi connectivity index (χ1) is 9.24.